The standard InChI is InChI=1S/C19H25BO4/c1-16(2)17(3,4)24-20(23-16)19-10-18(11-19,12-19)14-8-6-13(7-9-14)15(21)22-5/h6-9H,10-12H2,1-5H3. The van der Waals surface area contributed by atoms with E-state index in [0.717, 1.165) is 19.3 Å². The van der Waals surface area contributed by atoms with E-state index in [1.165, 1.54) is 12.7 Å². The summed E-state index contributed by atoms with van der Waals surface area (Å²) in [6.45, 7) is 8.44. The number of carbonyl (C=O) groups excluding carboxylic acids is 1. The van der Waals surface area contributed by atoms with Crippen LogP contribution >= 0.6 is 0 Å². The topological polar surface area (TPSA) is 44.8 Å². The summed E-state index contributed by atoms with van der Waals surface area (Å²) in [5.74, 6) is -0.284. The molecule has 24 heavy (non-hydrogen) atoms. The molecule has 3 saturated carbocycles. The fourth-order valence-electron chi connectivity index (χ4n) is 4.59. The fraction of sp³-hybridized carbons (Fsp3) is 0.632. The fourth-order valence-corrected chi connectivity index (χ4v) is 4.59. The van der Waals surface area contributed by atoms with E-state index in [4.69, 9.17) is 14.0 Å². The number of esters is 1. The highest BCUT2D eigenvalue weighted by Crippen LogP contribution is 2.80. The highest BCUT2D eigenvalue weighted by atomic mass is 16.7. The first-order valence-corrected chi connectivity index (χ1v) is 8.68. The minimum absolute atomic E-state index is 0.0984. The predicted molar refractivity (Wildman–Crippen MR) is 92.1 cm³/mol. The molecule has 0 spiro atoms. The number of hydrogen-bond acceptors (Lipinski definition) is 4. The van der Waals surface area contributed by atoms with Crippen molar-refractivity contribution in [3.63, 3.8) is 0 Å². The van der Waals surface area contributed by atoms with E-state index < -0.39 is 0 Å². The Balaban J connectivity index is 1.46. The van der Waals surface area contributed by atoms with Gasteiger partial charge in [0.1, 0.15) is 0 Å². The van der Waals surface area contributed by atoms with Crippen LogP contribution in [-0.4, -0.2) is 31.4 Å². The van der Waals surface area contributed by atoms with Crippen LogP contribution in [0, 0.1) is 0 Å². The molecule has 0 radical (unpaired) electrons. The van der Waals surface area contributed by atoms with Crippen LogP contribution in [0.2, 0.25) is 5.31 Å². The summed E-state index contributed by atoms with van der Waals surface area (Å²) < 4.78 is 17.3. The Kier molecular flexibility index (Phi) is 3.13. The third-order valence-electron chi connectivity index (χ3n) is 6.74. The number of hydrogen-bond donors (Lipinski definition) is 0. The van der Waals surface area contributed by atoms with Crippen molar-refractivity contribution >= 4 is 13.1 Å². The Labute approximate surface area is 144 Å². The lowest BCUT2D eigenvalue weighted by Gasteiger charge is -2.71. The van der Waals surface area contributed by atoms with Crippen molar-refractivity contribution in [3.05, 3.63) is 35.4 Å². The minimum atomic E-state index is -0.284. The third kappa shape index (κ3) is 1.97. The number of ether oxygens (including phenoxy) is 1. The molecule has 0 N–H and O–H groups in total. The van der Waals surface area contributed by atoms with Crippen LogP contribution < -0.4 is 0 Å². The Hall–Kier alpha value is -1.33. The summed E-state index contributed by atoms with van der Waals surface area (Å²) in [7, 11) is 1.31. The van der Waals surface area contributed by atoms with E-state index in [2.05, 4.69) is 39.8 Å². The van der Waals surface area contributed by atoms with Gasteiger partial charge in [-0.2, -0.15) is 0 Å². The number of benzene rings is 1. The van der Waals surface area contributed by atoms with E-state index >= 15 is 0 Å². The molecule has 0 atom stereocenters. The monoisotopic (exact) mass is 328 g/mol. The normalized spacial score (nSPS) is 35.1. The number of carbonyl (C=O) groups is 1. The Morgan fingerprint density at radius 2 is 1.50 bits per heavy atom. The minimum Gasteiger partial charge on any atom is -0.465 e. The molecule has 5 rings (SSSR count). The van der Waals surface area contributed by atoms with Gasteiger partial charge in [0.25, 0.3) is 0 Å². The lowest BCUT2D eigenvalue weighted by Crippen LogP contribution is -2.66. The van der Waals surface area contributed by atoms with E-state index in [1.54, 1.807) is 0 Å². The van der Waals surface area contributed by atoms with Crippen LogP contribution in [0.3, 0.4) is 0 Å². The molecule has 4 aliphatic rings. The van der Waals surface area contributed by atoms with E-state index in [-0.39, 0.29) is 35.0 Å². The lowest BCUT2D eigenvalue weighted by atomic mass is 9.23. The van der Waals surface area contributed by atoms with Crippen molar-refractivity contribution in [2.24, 2.45) is 0 Å². The second-order valence-electron chi connectivity index (χ2n) is 8.83. The molecule has 2 bridgehead atoms. The molecule has 1 aromatic rings. The molecular weight excluding hydrogens is 303 g/mol. The van der Waals surface area contributed by atoms with Crippen molar-refractivity contribution in [1.29, 1.82) is 0 Å². The van der Waals surface area contributed by atoms with Gasteiger partial charge >= 0.3 is 13.1 Å². The van der Waals surface area contributed by atoms with Crippen LogP contribution in [0.25, 0.3) is 0 Å². The van der Waals surface area contributed by atoms with Gasteiger partial charge in [-0.3, -0.25) is 0 Å². The van der Waals surface area contributed by atoms with Gasteiger partial charge in [-0.1, -0.05) is 12.1 Å². The maximum Gasteiger partial charge on any atom is 0.464 e. The maximum atomic E-state index is 11.6. The lowest BCUT2D eigenvalue weighted by molar-refractivity contribution is -0.0383. The molecule has 0 amide bonds. The van der Waals surface area contributed by atoms with Gasteiger partial charge in [-0.25, -0.2) is 4.79 Å². The zero-order valence-electron chi connectivity index (χ0n) is 15.1. The Bertz CT molecular complexity index is 656. The summed E-state index contributed by atoms with van der Waals surface area (Å²) >= 11 is 0. The first-order valence-electron chi connectivity index (χ1n) is 8.68. The molecule has 1 aromatic carbocycles. The summed E-state index contributed by atoms with van der Waals surface area (Å²) in [6.07, 6.45) is 3.32. The molecular formula is C19H25BO4. The van der Waals surface area contributed by atoms with Crippen LogP contribution in [0.1, 0.15) is 62.9 Å². The number of methoxy groups -OCH3 is 1. The predicted octanol–water partition coefficient (Wildman–Crippen LogP) is 3.74. The summed E-state index contributed by atoms with van der Waals surface area (Å²) in [6, 6.07) is 7.87. The largest absolute Gasteiger partial charge is 0.465 e. The molecule has 128 valence electrons. The number of rotatable bonds is 3. The van der Waals surface area contributed by atoms with Crippen LogP contribution in [0.4, 0.5) is 0 Å². The van der Waals surface area contributed by atoms with Gasteiger partial charge in [0, 0.05) is 5.31 Å². The van der Waals surface area contributed by atoms with E-state index in [1.807, 2.05) is 12.1 Å². The summed E-state index contributed by atoms with van der Waals surface area (Å²) in [5, 5.41) is 0.173. The summed E-state index contributed by atoms with van der Waals surface area (Å²) in [4.78, 5) is 11.6. The molecule has 1 aliphatic heterocycles. The molecule has 3 aliphatic carbocycles. The second kappa shape index (κ2) is 4.64. The first kappa shape index (κ1) is 16.2. The van der Waals surface area contributed by atoms with Crippen molar-refractivity contribution in [2.75, 3.05) is 7.11 Å². The molecule has 0 unspecified atom stereocenters. The second-order valence-corrected chi connectivity index (χ2v) is 8.83. The maximum absolute atomic E-state index is 11.6. The summed E-state index contributed by atoms with van der Waals surface area (Å²) in [5.41, 5.74) is 1.64. The van der Waals surface area contributed by atoms with Gasteiger partial charge in [-0.05, 0) is 70.1 Å². The molecule has 1 saturated heterocycles. The smallest absolute Gasteiger partial charge is 0.464 e. The van der Waals surface area contributed by atoms with Crippen molar-refractivity contribution in [1.82, 2.24) is 0 Å². The van der Waals surface area contributed by atoms with Crippen LogP contribution in [-0.2, 0) is 19.5 Å². The van der Waals surface area contributed by atoms with Crippen molar-refractivity contribution < 1.29 is 18.8 Å². The van der Waals surface area contributed by atoms with Gasteiger partial charge in [-0.15, -0.1) is 0 Å². The van der Waals surface area contributed by atoms with Crippen molar-refractivity contribution in [3.8, 4) is 0 Å². The molecule has 4 fully saturated rings. The van der Waals surface area contributed by atoms with Gasteiger partial charge in [0.05, 0.1) is 23.9 Å². The van der Waals surface area contributed by atoms with Gasteiger partial charge in [0.2, 0.25) is 0 Å². The van der Waals surface area contributed by atoms with Crippen LogP contribution in [0.15, 0.2) is 24.3 Å². The van der Waals surface area contributed by atoms with E-state index in [0.29, 0.717) is 5.56 Å². The highest BCUT2D eigenvalue weighted by Gasteiger charge is 2.76. The first-order chi connectivity index (χ1) is 11.1. The zero-order valence-corrected chi connectivity index (χ0v) is 15.1. The molecule has 1 heterocycles. The SMILES string of the molecule is COC(=O)c1ccc(C23CC(B4OC(C)(C)C(C)(C)O4)(C2)C3)cc1. The van der Waals surface area contributed by atoms with E-state index in [9.17, 15) is 4.79 Å². The molecule has 5 heteroatoms. The zero-order chi connectivity index (χ0) is 17.4. The molecule has 0 aromatic heterocycles. The Morgan fingerprint density at radius 3 is 1.96 bits per heavy atom. The van der Waals surface area contributed by atoms with Crippen LogP contribution in [0.5, 0.6) is 0 Å². The van der Waals surface area contributed by atoms with Crippen molar-refractivity contribution in [2.45, 2.75) is 68.9 Å². The Morgan fingerprint density at radius 1 is 1.00 bits per heavy atom. The third-order valence-corrected chi connectivity index (χ3v) is 6.74. The van der Waals surface area contributed by atoms with Gasteiger partial charge in [0.15, 0.2) is 0 Å². The highest BCUT2D eigenvalue weighted by molar-refractivity contribution is 6.51. The van der Waals surface area contributed by atoms with Gasteiger partial charge < -0.3 is 14.0 Å². The molecule has 4 nitrogen and oxygen atoms in total. The average Bonchev–Trinajstić information content (AvgIpc) is 2.64. The quantitative estimate of drug-likeness (QED) is 0.626. The average molecular weight is 328 g/mol.